The summed E-state index contributed by atoms with van der Waals surface area (Å²) < 4.78 is 0. The topological polar surface area (TPSA) is 20.2 Å². The second-order valence-electron chi connectivity index (χ2n) is 4.27. The van der Waals surface area contributed by atoms with Crippen molar-refractivity contribution in [2.45, 2.75) is 39.2 Å². The summed E-state index contributed by atoms with van der Waals surface area (Å²) in [5.74, 6) is 0. The molecule has 0 aromatic carbocycles. The van der Waals surface area contributed by atoms with Gasteiger partial charge in [0, 0.05) is 0 Å². The van der Waals surface area contributed by atoms with Gasteiger partial charge >= 0.3 is 0 Å². The lowest BCUT2D eigenvalue weighted by molar-refractivity contribution is -0.0524. The van der Waals surface area contributed by atoms with Gasteiger partial charge < -0.3 is 5.11 Å². The quantitative estimate of drug-likeness (QED) is 0.640. The van der Waals surface area contributed by atoms with Crippen molar-refractivity contribution in [1.29, 1.82) is 0 Å². The zero-order valence-electron chi connectivity index (χ0n) is 8.43. The molecule has 0 atom stereocenters. The standard InChI is InChI=1S/C11H20O/c1-6-8-11(12,9-7-2)10(3,4)5/h6-7,12H,1-2,8-9H2,3-5H3. The molecule has 0 unspecified atom stereocenters. The molecule has 0 aliphatic carbocycles. The lowest BCUT2D eigenvalue weighted by atomic mass is 9.72. The molecule has 1 N–H and O–H groups in total. The molecule has 0 rings (SSSR count). The minimum absolute atomic E-state index is 0.130. The summed E-state index contributed by atoms with van der Waals surface area (Å²) in [6, 6.07) is 0. The Morgan fingerprint density at radius 3 is 1.58 bits per heavy atom. The van der Waals surface area contributed by atoms with Gasteiger partial charge in [-0.05, 0) is 18.3 Å². The van der Waals surface area contributed by atoms with Crippen LogP contribution < -0.4 is 0 Å². The molecule has 1 nitrogen and oxygen atoms in total. The van der Waals surface area contributed by atoms with E-state index in [1.54, 1.807) is 12.2 Å². The SMILES string of the molecule is C=CCC(O)(CC=C)C(C)(C)C. The van der Waals surface area contributed by atoms with Gasteiger partial charge in [-0.3, -0.25) is 0 Å². The summed E-state index contributed by atoms with van der Waals surface area (Å²) in [5, 5.41) is 10.2. The zero-order chi connectivity index (χ0) is 9.83. The van der Waals surface area contributed by atoms with E-state index >= 15 is 0 Å². The van der Waals surface area contributed by atoms with Crippen LogP contribution in [0.15, 0.2) is 25.3 Å². The van der Waals surface area contributed by atoms with E-state index in [1.807, 2.05) is 20.8 Å². The molecular formula is C11H20O. The summed E-state index contributed by atoms with van der Waals surface area (Å²) >= 11 is 0. The lowest BCUT2D eigenvalue weighted by Crippen LogP contribution is -2.41. The Morgan fingerprint density at radius 2 is 1.42 bits per heavy atom. The van der Waals surface area contributed by atoms with E-state index in [-0.39, 0.29) is 5.41 Å². The van der Waals surface area contributed by atoms with Crippen LogP contribution in [0.5, 0.6) is 0 Å². The molecule has 1 heteroatoms. The maximum atomic E-state index is 10.2. The van der Waals surface area contributed by atoms with E-state index in [2.05, 4.69) is 13.2 Å². The van der Waals surface area contributed by atoms with E-state index < -0.39 is 5.60 Å². The maximum absolute atomic E-state index is 10.2. The van der Waals surface area contributed by atoms with Crippen LogP contribution in [0.3, 0.4) is 0 Å². The molecule has 0 saturated heterocycles. The number of hydrogen-bond acceptors (Lipinski definition) is 1. The molecule has 0 aliphatic heterocycles. The first kappa shape index (κ1) is 11.4. The summed E-state index contributed by atoms with van der Waals surface area (Å²) in [6.07, 6.45) is 4.74. The van der Waals surface area contributed by atoms with Crippen LogP contribution in [0, 0.1) is 5.41 Å². The van der Waals surface area contributed by atoms with E-state index in [4.69, 9.17) is 0 Å². The van der Waals surface area contributed by atoms with Crippen molar-refractivity contribution in [3.63, 3.8) is 0 Å². The van der Waals surface area contributed by atoms with Gasteiger partial charge in [0.2, 0.25) is 0 Å². The fourth-order valence-electron chi connectivity index (χ4n) is 1.17. The second-order valence-corrected chi connectivity index (χ2v) is 4.27. The smallest absolute Gasteiger partial charge is 0.0764 e. The summed E-state index contributed by atoms with van der Waals surface area (Å²) in [6.45, 7) is 13.4. The third kappa shape index (κ3) is 2.49. The fourth-order valence-corrected chi connectivity index (χ4v) is 1.17. The minimum Gasteiger partial charge on any atom is -0.389 e. The molecule has 0 aromatic rings. The minimum atomic E-state index is -0.698. The van der Waals surface area contributed by atoms with Crippen molar-refractivity contribution in [3.8, 4) is 0 Å². The van der Waals surface area contributed by atoms with Gasteiger partial charge in [0.25, 0.3) is 0 Å². The van der Waals surface area contributed by atoms with Gasteiger partial charge in [-0.1, -0.05) is 32.9 Å². The molecule has 0 fully saturated rings. The van der Waals surface area contributed by atoms with Crippen molar-refractivity contribution >= 4 is 0 Å². The van der Waals surface area contributed by atoms with Crippen molar-refractivity contribution in [2.24, 2.45) is 5.41 Å². The van der Waals surface area contributed by atoms with Crippen molar-refractivity contribution in [2.75, 3.05) is 0 Å². The molecular weight excluding hydrogens is 148 g/mol. The Morgan fingerprint density at radius 1 is 1.08 bits per heavy atom. The summed E-state index contributed by atoms with van der Waals surface area (Å²) in [4.78, 5) is 0. The van der Waals surface area contributed by atoms with E-state index in [9.17, 15) is 5.11 Å². The van der Waals surface area contributed by atoms with Gasteiger partial charge in [0.1, 0.15) is 0 Å². The third-order valence-electron chi connectivity index (χ3n) is 2.36. The first-order valence-electron chi connectivity index (χ1n) is 4.31. The van der Waals surface area contributed by atoms with Crippen LogP contribution in [0.25, 0.3) is 0 Å². The van der Waals surface area contributed by atoms with Crippen molar-refractivity contribution < 1.29 is 5.11 Å². The summed E-state index contributed by atoms with van der Waals surface area (Å²) in [5.41, 5.74) is -0.827. The molecule has 0 amide bonds. The number of hydrogen-bond donors (Lipinski definition) is 1. The molecule has 12 heavy (non-hydrogen) atoms. The molecule has 70 valence electrons. The molecule has 0 saturated carbocycles. The first-order valence-corrected chi connectivity index (χ1v) is 4.31. The Kier molecular flexibility index (Phi) is 3.72. The summed E-state index contributed by atoms with van der Waals surface area (Å²) in [7, 11) is 0. The average Bonchev–Trinajstić information content (AvgIpc) is 1.86. The molecule has 0 aromatic heterocycles. The first-order chi connectivity index (χ1) is 5.37. The van der Waals surface area contributed by atoms with E-state index in [1.165, 1.54) is 0 Å². The van der Waals surface area contributed by atoms with Gasteiger partial charge in [0.15, 0.2) is 0 Å². The lowest BCUT2D eigenvalue weighted by Gasteiger charge is -2.39. The Labute approximate surface area is 75.8 Å². The zero-order valence-corrected chi connectivity index (χ0v) is 8.43. The van der Waals surface area contributed by atoms with Crippen molar-refractivity contribution in [1.82, 2.24) is 0 Å². The fraction of sp³-hybridized carbons (Fsp3) is 0.636. The highest BCUT2D eigenvalue weighted by Crippen LogP contribution is 2.36. The van der Waals surface area contributed by atoms with Crippen molar-refractivity contribution in [3.05, 3.63) is 25.3 Å². The van der Waals surface area contributed by atoms with E-state index in [0.717, 1.165) is 0 Å². The van der Waals surface area contributed by atoms with Crippen LogP contribution in [0.1, 0.15) is 33.6 Å². The Bertz CT molecular complexity index is 152. The number of aliphatic hydroxyl groups is 1. The van der Waals surface area contributed by atoms with Crippen LogP contribution in [0.2, 0.25) is 0 Å². The largest absolute Gasteiger partial charge is 0.389 e. The highest BCUT2D eigenvalue weighted by molar-refractivity contribution is 4.99. The van der Waals surface area contributed by atoms with Crippen LogP contribution >= 0.6 is 0 Å². The molecule has 0 aliphatic rings. The monoisotopic (exact) mass is 168 g/mol. The number of rotatable bonds is 4. The second kappa shape index (κ2) is 3.90. The van der Waals surface area contributed by atoms with Crippen LogP contribution in [0.4, 0.5) is 0 Å². The van der Waals surface area contributed by atoms with Gasteiger partial charge in [-0.2, -0.15) is 0 Å². The molecule has 0 bridgehead atoms. The van der Waals surface area contributed by atoms with Crippen LogP contribution in [-0.2, 0) is 0 Å². The highest BCUT2D eigenvalue weighted by atomic mass is 16.3. The van der Waals surface area contributed by atoms with Gasteiger partial charge in [-0.15, -0.1) is 13.2 Å². The molecule has 0 heterocycles. The maximum Gasteiger partial charge on any atom is 0.0764 e. The Balaban J connectivity index is 4.59. The average molecular weight is 168 g/mol. The highest BCUT2D eigenvalue weighted by Gasteiger charge is 2.37. The third-order valence-corrected chi connectivity index (χ3v) is 2.36. The predicted molar refractivity (Wildman–Crippen MR) is 54.0 cm³/mol. The van der Waals surface area contributed by atoms with Crippen LogP contribution in [-0.4, -0.2) is 10.7 Å². The Hall–Kier alpha value is -0.560. The molecule has 0 radical (unpaired) electrons. The molecule has 0 spiro atoms. The normalized spacial score (nSPS) is 12.7. The predicted octanol–water partition coefficient (Wildman–Crippen LogP) is 2.92. The van der Waals surface area contributed by atoms with Gasteiger partial charge in [0.05, 0.1) is 5.60 Å². The van der Waals surface area contributed by atoms with E-state index in [0.29, 0.717) is 12.8 Å². The van der Waals surface area contributed by atoms with Gasteiger partial charge in [-0.25, -0.2) is 0 Å².